The van der Waals surface area contributed by atoms with E-state index >= 15 is 0 Å². The van der Waals surface area contributed by atoms with E-state index in [1.54, 1.807) is 0 Å². The first-order valence-electron chi connectivity index (χ1n) is 14.3. The molecule has 1 fully saturated rings. The number of piperidine rings is 1. The van der Waals surface area contributed by atoms with E-state index in [-0.39, 0.29) is 11.1 Å². The molecular formula is C29H59NO. The molecule has 1 heterocycles. The maximum atomic E-state index is 6.03. The minimum absolute atomic E-state index is 0.150. The third-order valence-electron chi connectivity index (χ3n) is 7.40. The second-order valence-electron chi connectivity index (χ2n) is 11.7. The highest BCUT2D eigenvalue weighted by atomic mass is 16.7. The molecule has 0 aromatic heterocycles. The molecule has 0 amide bonds. The van der Waals surface area contributed by atoms with E-state index in [9.17, 15) is 0 Å². The van der Waals surface area contributed by atoms with Gasteiger partial charge < -0.3 is 0 Å². The summed E-state index contributed by atoms with van der Waals surface area (Å²) in [7, 11) is 0. The third kappa shape index (κ3) is 12.7. The van der Waals surface area contributed by atoms with Crippen molar-refractivity contribution < 1.29 is 4.84 Å². The molecule has 1 aliphatic heterocycles. The van der Waals surface area contributed by atoms with Gasteiger partial charge in [-0.05, 0) is 53.4 Å². The molecule has 0 N–H and O–H groups in total. The number of unbranched alkanes of at least 4 members (excludes halogenated alkanes) is 15. The molecule has 2 nitrogen and oxygen atoms in total. The molecule has 0 saturated carbocycles. The molecule has 0 aliphatic carbocycles. The van der Waals surface area contributed by atoms with Gasteiger partial charge >= 0.3 is 0 Å². The van der Waals surface area contributed by atoms with Crippen molar-refractivity contribution in [1.29, 1.82) is 0 Å². The minimum Gasteiger partial charge on any atom is -0.298 e. The normalized spacial score (nSPS) is 19.2. The maximum Gasteiger partial charge on any atom is 0.0657 e. The van der Waals surface area contributed by atoms with Crippen molar-refractivity contribution in [1.82, 2.24) is 5.06 Å². The largest absolute Gasteiger partial charge is 0.298 e. The Balaban J connectivity index is 1.95. The van der Waals surface area contributed by atoms with Crippen LogP contribution in [0.15, 0.2) is 0 Å². The molecule has 2 heteroatoms. The average Bonchev–Trinajstić information content (AvgIpc) is 2.70. The zero-order valence-electron chi connectivity index (χ0n) is 22.6. The van der Waals surface area contributed by atoms with E-state index in [4.69, 9.17) is 4.84 Å². The highest BCUT2D eigenvalue weighted by Crippen LogP contribution is 2.43. The van der Waals surface area contributed by atoms with E-state index in [0.717, 1.165) is 12.5 Å². The molecule has 0 unspecified atom stereocenters. The molecule has 31 heavy (non-hydrogen) atoms. The SMILES string of the molecule is CCCCCCCCCCCCCCCCCCC1CC(C)(C)N(OCC)C(C)(C)C1. The van der Waals surface area contributed by atoms with Crippen LogP contribution in [0.25, 0.3) is 0 Å². The van der Waals surface area contributed by atoms with Gasteiger partial charge in [0.25, 0.3) is 0 Å². The van der Waals surface area contributed by atoms with E-state index < -0.39 is 0 Å². The summed E-state index contributed by atoms with van der Waals surface area (Å²) in [4.78, 5) is 6.03. The fourth-order valence-electron chi connectivity index (χ4n) is 6.13. The Morgan fingerprint density at radius 3 is 1.29 bits per heavy atom. The quantitative estimate of drug-likeness (QED) is 0.186. The lowest BCUT2D eigenvalue weighted by molar-refractivity contribution is -0.285. The third-order valence-corrected chi connectivity index (χ3v) is 7.40. The summed E-state index contributed by atoms with van der Waals surface area (Å²) in [5.41, 5.74) is 0.301. The average molecular weight is 438 g/mol. The van der Waals surface area contributed by atoms with Crippen LogP contribution in [0.3, 0.4) is 0 Å². The molecule has 0 aromatic rings. The number of hydrogen-bond donors (Lipinski definition) is 0. The fraction of sp³-hybridized carbons (Fsp3) is 1.00. The van der Waals surface area contributed by atoms with Crippen LogP contribution >= 0.6 is 0 Å². The van der Waals surface area contributed by atoms with Crippen LogP contribution in [0.2, 0.25) is 0 Å². The number of rotatable bonds is 19. The van der Waals surface area contributed by atoms with Gasteiger partial charge in [0.1, 0.15) is 0 Å². The van der Waals surface area contributed by atoms with E-state index in [0.29, 0.717) is 0 Å². The second-order valence-corrected chi connectivity index (χ2v) is 11.7. The molecule has 1 rings (SSSR count). The standard InChI is InChI=1S/C29H59NO/c1-7-9-10-11-12-13-14-15-16-17-18-19-20-21-22-23-24-27-25-28(3,4)30(31-8-2)29(5,6)26-27/h27H,7-26H2,1-6H3. The second kappa shape index (κ2) is 16.5. The molecule has 0 spiro atoms. The van der Waals surface area contributed by atoms with Crippen molar-refractivity contribution in [3.63, 3.8) is 0 Å². The highest BCUT2D eigenvalue weighted by molar-refractivity contribution is 4.96. The molecule has 0 aromatic carbocycles. The first kappa shape index (κ1) is 29.0. The van der Waals surface area contributed by atoms with Crippen molar-refractivity contribution in [2.24, 2.45) is 5.92 Å². The summed E-state index contributed by atoms with van der Waals surface area (Å²) < 4.78 is 0. The van der Waals surface area contributed by atoms with Gasteiger partial charge in [-0.1, -0.05) is 116 Å². The Hall–Kier alpha value is -0.0800. The van der Waals surface area contributed by atoms with Gasteiger partial charge in [-0.25, -0.2) is 0 Å². The van der Waals surface area contributed by atoms with Crippen LogP contribution < -0.4 is 0 Å². The molecule has 1 aliphatic rings. The summed E-state index contributed by atoms with van der Waals surface area (Å²) in [6.45, 7) is 14.6. The van der Waals surface area contributed by atoms with E-state index in [2.05, 4.69) is 46.6 Å². The summed E-state index contributed by atoms with van der Waals surface area (Å²) in [6, 6.07) is 0. The topological polar surface area (TPSA) is 12.5 Å². The lowest BCUT2D eigenvalue weighted by Crippen LogP contribution is -2.60. The Morgan fingerprint density at radius 1 is 0.581 bits per heavy atom. The Bertz CT molecular complexity index is 399. The van der Waals surface area contributed by atoms with Gasteiger partial charge in [0.15, 0.2) is 0 Å². The number of nitrogens with zero attached hydrogens (tertiary/aromatic N) is 1. The molecule has 0 bridgehead atoms. The smallest absolute Gasteiger partial charge is 0.0657 e. The van der Waals surface area contributed by atoms with Crippen molar-refractivity contribution in [3.8, 4) is 0 Å². The predicted octanol–water partition coefficient (Wildman–Crippen LogP) is 9.86. The minimum atomic E-state index is 0.150. The first-order valence-corrected chi connectivity index (χ1v) is 14.3. The van der Waals surface area contributed by atoms with Crippen LogP contribution in [0.5, 0.6) is 0 Å². The highest BCUT2D eigenvalue weighted by Gasteiger charge is 2.45. The summed E-state index contributed by atoms with van der Waals surface area (Å²) >= 11 is 0. The molecule has 186 valence electrons. The van der Waals surface area contributed by atoms with Crippen LogP contribution in [0.4, 0.5) is 0 Å². The number of hydrogen-bond acceptors (Lipinski definition) is 2. The van der Waals surface area contributed by atoms with Crippen LogP contribution in [0, 0.1) is 5.92 Å². The zero-order valence-corrected chi connectivity index (χ0v) is 22.6. The van der Waals surface area contributed by atoms with E-state index in [1.165, 1.54) is 122 Å². The molecular weight excluding hydrogens is 378 g/mol. The number of hydroxylamine groups is 2. The monoisotopic (exact) mass is 437 g/mol. The Labute approximate surface area is 197 Å². The molecule has 0 radical (unpaired) electrons. The summed E-state index contributed by atoms with van der Waals surface area (Å²) in [5.74, 6) is 0.855. The Morgan fingerprint density at radius 2 is 0.935 bits per heavy atom. The van der Waals surface area contributed by atoms with E-state index in [1.807, 2.05) is 0 Å². The van der Waals surface area contributed by atoms with Crippen LogP contribution in [-0.4, -0.2) is 22.7 Å². The van der Waals surface area contributed by atoms with Crippen molar-refractivity contribution in [2.45, 2.75) is 175 Å². The molecule has 0 atom stereocenters. The fourth-order valence-corrected chi connectivity index (χ4v) is 6.13. The lowest BCUT2D eigenvalue weighted by atomic mass is 9.73. The predicted molar refractivity (Wildman–Crippen MR) is 139 cm³/mol. The zero-order chi connectivity index (χ0) is 23.0. The van der Waals surface area contributed by atoms with Gasteiger partial charge in [-0.2, -0.15) is 5.06 Å². The maximum absolute atomic E-state index is 6.03. The van der Waals surface area contributed by atoms with Gasteiger partial charge in [0.05, 0.1) is 6.61 Å². The van der Waals surface area contributed by atoms with Gasteiger partial charge in [0.2, 0.25) is 0 Å². The van der Waals surface area contributed by atoms with Gasteiger partial charge in [0, 0.05) is 11.1 Å². The molecule has 1 saturated heterocycles. The van der Waals surface area contributed by atoms with Gasteiger partial charge in [-0.3, -0.25) is 4.84 Å². The van der Waals surface area contributed by atoms with Crippen molar-refractivity contribution in [2.75, 3.05) is 6.61 Å². The van der Waals surface area contributed by atoms with Crippen LogP contribution in [-0.2, 0) is 4.84 Å². The van der Waals surface area contributed by atoms with Gasteiger partial charge in [-0.15, -0.1) is 0 Å². The summed E-state index contributed by atoms with van der Waals surface area (Å²) in [5, 5.41) is 2.30. The van der Waals surface area contributed by atoms with Crippen molar-refractivity contribution in [3.05, 3.63) is 0 Å². The lowest BCUT2D eigenvalue weighted by Gasteiger charge is -2.54. The van der Waals surface area contributed by atoms with Crippen molar-refractivity contribution >= 4 is 0 Å². The van der Waals surface area contributed by atoms with Crippen LogP contribution in [0.1, 0.15) is 164 Å². The first-order chi connectivity index (χ1) is 14.8. The Kier molecular flexibility index (Phi) is 15.4. The summed E-state index contributed by atoms with van der Waals surface area (Å²) in [6.07, 6.45) is 27.2.